The maximum atomic E-state index is 13.4. The second kappa shape index (κ2) is 18.7. The molecule has 5 atom stereocenters. The SMILES string of the molecule is CC[C@H](NC(=O)[C@@H](NC(=O)[C@H](CCCN=C(N)N)NC(=O)[C@H](CC(=O)O)NC(=O)[C@@H](N)Cc1ccc(O)cc1)C(C)C)C(=O)O. The number of rotatable bonds is 19. The van der Waals surface area contributed by atoms with Crippen LogP contribution in [0.3, 0.4) is 0 Å². The van der Waals surface area contributed by atoms with Crippen molar-refractivity contribution in [3.8, 4) is 5.75 Å². The number of aliphatic carboxylic acids is 2. The summed E-state index contributed by atoms with van der Waals surface area (Å²) in [6.45, 7) is 4.89. The Morgan fingerprint density at radius 3 is 1.89 bits per heavy atom. The van der Waals surface area contributed by atoms with Crippen molar-refractivity contribution < 1.29 is 44.1 Å². The van der Waals surface area contributed by atoms with Crippen LogP contribution in [0, 0.1) is 5.92 Å². The molecule has 250 valence electrons. The number of hydrogen-bond donors (Lipinski definition) is 10. The summed E-state index contributed by atoms with van der Waals surface area (Å²) in [5.41, 5.74) is 17.3. The molecule has 45 heavy (non-hydrogen) atoms. The van der Waals surface area contributed by atoms with Crippen molar-refractivity contribution in [2.75, 3.05) is 6.54 Å². The number of guanidine groups is 1. The van der Waals surface area contributed by atoms with E-state index in [0.717, 1.165) is 0 Å². The first-order valence-corrected chi connectivity index (χ1v) is 14.3. The second-order valence-corrected chi connectivity index (χ2v) is 10.7. The van der Waals surface area contributed by atoms with Crippen LogP contribution < -0.4 is 38.5 Å². The Morgan fingerprint density at radius 1 is 0.822 bits per heavy atom. The monoisotopic (exact) mass is 636 g/mol. The summed E-state index contributed by atoms with van der Waals surface area (Å²) < 4.78 is 0. The molecule has 17 nitrogen and oxygen atoms in total. The number of carbonyl (C=O) groups is 6. The molecular weight excluding hydrogens is 592 g/mol. The fourth-order valence-corrected chi connectivity index (χ4v) is 4.07. The third-order valence-electron chi connectivity index (χ3n) is 6.59. The molecule has 1 aromatic rings. The van der Waals surface area contributed by atoms with E-state index in [1.165, 1.54) is 12.1 Å². The van der Waals surface area contributed by atoms with Gasteiger partial charge >= 0.3 is 11.9 Å². The fourth-order valence-electron chi connectivity index (χ4n) is 4.07. The first-order valence-electron chi connectivity index (χ1n) is 14.3. The third kappa shape index (κ3) is 13.9. The van der Waals surface area contributed by atoms with E-state index >= 15 is 0 Å². The maximum Gasteiger partial charge on any atom is 0.326 e. The minimum absolute atomic E-state index is 0.0117. The van der Waals surface area contributed by atoms with Crippen LogP contribution in [0.2, 0.25) is 0 Å². The highest BCUT2D eigenvalue weighted by molar-refractivity contribution is 5.96. The number of aliphatic imine (C=N–C) groups is 1. The Bertz CT molecular complexity index is 1220. The molecule has 0 aromatic heterocycles. The van der Waals surface area contributed by atoms with E-state index in [2.05, 4.69) is 26.3 Å². The molecule has 0 saturated carbocycles. The predicted octanol–water partition coefficient (Wildman–Crippen LogP) is -2.12. The Kier molecular flexibility index (Phi) is 15.8. The number of carboxylic acid groups (broad SMARTS) is 2. The normalized spacial score (nSPS) is 14.2. The molecule has 0 radical (unpaired) electrons. The van der Waals surface area contributed by atoms with Crippen molar-refractivity contribution in [2.45, 2.75) is 83.1 Å². The molecule has 1 rings (SSSR count). The highest BCUT2D eigenvalue weighted by Crippen LogP contribution is 2.11. The first kappa shape index (κ1) is 38.1. The molecule has 0 heterocycles. The van der Waals surface area contributed by atoms with E-state index in [4.69, 9.17) is 17.2 Å². The lowest BCUT2D eigenvalue weighted by Gasteiger charge is -2.27. The van der Waals surface area contributed by atoms with Crippen molar-refractivity contribution >= 4 is 41.5 Å². The minimum Gasteiger partial charge on any atom is -0.508 e. The second-order valence-electron chi connectivity index (χ2n) is 10.7. The average molecular weight is 637 g/mol. The summed E-state index contributed by atoms with van der Waals surface area (Å²) in [4.78, 5) is 79.1. The lowest BCUT2D eigenvalue weighted by Crippen LogP contribution is -2.59. The highest BCUT2D eigenvalue weighted by Gasteiger charge is 2.33. The summed E-state index contributed by atoms with van der Waals surface area (Å²) in [5, 5.41) is 37.8. The zero-order valence-electron chi connectivity index (χ0n) is 25.5. The van der Waals surface area contributed by atoms with Crippen molar-refractivity contribution in [1.29, 1.82) is 0 Å². The Morgan fingerprint density at radius 2 is 1.38 bits per heavy atom. The van der Waals surface area contributed by atoms with Gasteiger partial charge in [-0.25, -0.2) is 4.79 Å². The number of carbonyl (C=O) groups excluding carboxylic acids is 4. The van der Waals surface area contributed by atoms with Gasteiger partial charge in [-0.05, 0) is 49.3 Å². The lowest BCUT2D eigenvalue weighted by atomic mass is 10.0. The van der Waals surface area contributed by atoms with Crippen LogP contribution in [0.1, 0.15) is 52.0 Å². The molecule has 1 aromatic carbocycles. The maximum absolute atomic E-state index is 13.4. The summed E-state index contributed by atoms with van der Waals surface area (Å²) in [6.07, 6.45) is -0.599. The minimum atomic E-state index is -1.63. The molecule has 0 fully saturated rings. The number of benzene rings is 1. The molecule has 0 aliphatic rings. The van der Waals surface area contributed by atoms with Crippen LogP contribution >= 0.6 is 0 Å². The number of phenols is 1. The topological polar surface area (TPSA) is 302 Å². The summed E-state index contributed by atoms with van der Waals surface area (Å²) in [7, 11) is 0. The molecule has 4 amide bonds. The van der Waals surface area contributed by atoms with Gasteiger partial charge in [-0.15, -0.1) is 0 Å². The number of aromatic hydroxyl groups is 1. The van der Waals surface area contributed by atoms with Gasteiger partial charge in [0, 0.05) is 6.54 Å². The third-order valence-corrected chi connectivity index (χ3v) is 6.59. The van der Waals surface area contributed by atoms with Crippen molar-refractivity contribution in [2.24, 2.45) is 28.1 Å². The molecule has 0 unspecified atom stereocenters. The van der Waals surface area contributed by atoms with Gasteiger partial charge in [0.15, 0.2) is 5.96 Å². The van der Waals surface area contributed by atoms with Gasteiger partial charge in [-0.1, -0.05) is 32.9 Å². The van der Waals surface area contributed by atoms with Gasteiger partial charge < -0.3 is 53.8 Å². The summed E-state index contributed by atoms with van der Waals surface area (Å²) in [5.74, 6) is -6.77. The number of nitrogens with one attached hydrogen (secondary N) is 4. The smallest absolute Gasteiger partial charge is 0.326 e. The molecule has 0 saturated heterocycles. The quantitative estimate of drug-likeness (QED) is 0.0443. The van der Waals surface area contributed by atoms with Crippen LogP contribution in [-0.4, -0.2) is 93.6 Å². The van der Waals surface area contributed by atoms with E-state index in [9.17, 15) is 44.1 Å². The number of nitrogens with two attached hydrogens (primary N) is 3. The molecule has 0 aliphatic heterocycles. The highest BCUT2D eigenvalue weighted by atomic mass is 16.4. The van der Waals surface area contributed by atoms with E-state index in [-0.39, 0.29) is 43.9 Å². The van der Waals surface area contributed by atoms with Crippen molar-refractivity contribution in [3.63, 3.8) is 0 Å². The fraction of sp³-hybridized carbons (Fsp3) is 0.536. The molecular formula is C28H44N8O9. The summed E-state index contributed by atoms with van der Waals surface area (Å²) >= 11 is 0. The van der Waals surface area contributed by atoms with Gasteiger partial charge in [0.05, 0.1) is 12.5 Å². The predicted molar refractivity (Wildman–Crippen MR) is 162 cm³/mol. The molecule has 0 bridgehead atoms. The summed E-state index contributed by atoms with van der Waals surface area (Å²) in [6, 6.07) is -0.613. The Balaban J connectivity index is 3.14. The Labute approximate surface area is 260 Å². The molecule has 17 heteroatoms. The number of carboxylic acids is 2. The van der Waals surface area contributed by atoms with Gasteiger partial charge in [0.25, 0.3) is 0 Å². The van der Waals surface area contributed by atoms with Crippen LogP contribution in [0.4, 0.5) is 0 Å². The van der Waals surface area contributed by atoms with Gasteiger partial charge in [0.1, 0.15) is 29.9 Å². The Hall–Kier alpha value is -4.93. The van der Waals surface area contributed by atoms with Gasteiger partial charge in [-0.2, -0.15) is 0 Å². The lowest BCUT2D eigenvalue weighted by molar-refractivity contribution is -0.142. The van der Waals surface area contributed by atoms with E-state index in [0.29, 0.717) is 5.56 Å². The van der Waals surface area contributed by atoms with E-state index in [1.54, 1.807) is 32.9 Å². The number of amides is 4. The van der Waals surface area contributed by atoms with E-state index < -0.39 is 78.1 Å². The largest absolute Gasteiger partial charge is 0.508 e. The molecule has 0 aliphatic carbocycles. The van der Waals surface area contributed by atoms with Crippen molar-refractivity contribution in [3.05, 3.63) is 29.8 Å². The van der Waals surface area contributed by atoms with E-state index in [1.807, 2.05) is 0 Å². The average Bonchev–Trinajstić information content (AvgIpc) is 2.95. The number of nitrogens with zero attached hydrogens (tertiary/aromatic N) is 1. The number of phenolic OH excluding ortho intramolecular Hbond substituents is 1. The van der Waals surface area contributed by atoms with Crippen LogP contribution in [0.5, 0.6) is 5.75 Å². The van der Waals surface area contributed by atoms with Gasteiger partial charge in [0.2, 0.25) is 23.6 Å². The van der Waals surface area contributed by atoms with Crippen LogP contribution in [-0.2, 0) is 35.2 Å². The standard InChI is InChI=1S/C28H44N8O9/c1-4-18(27(44)45)33-26(43)22(14(2)3)36-24(41)19(6-5-11-32-28(30)31)34-25(42)20(13-21(38)39)35-23(40)17(29)12-15-7-9-16(37)10-8-15/h7-10,14,17-20,22,37H,4-6,11-13,29H2,1-3H3,(H,33,43)(H,34,42)(H,35,40)(H,36,41)(H,38,39)(H,44,45)(H4,30,31,32)/t17-,18-,19-,20-,22-/m0/s1. The molecule has 0 spiro atoms. The first-order chi connectivity index (χ1) is 21.0. The number of hydrogen-bond acceptors (Lipinski definition) is 9. The zero-order valence-corrected chi connectivity index (χ0v) is 25.5. The van der Waals surface area contributed by atoms with Gasteiger partial charge in [-0.3, -0.25) is 29.0 Å². The van der Waals surface area contributed by atoms with Crippen LogP contribution in [0.15, 0.2) is 29.3 Å². The van der Waals surface area contributed by atoms with Crippen molar-refractivity contribution in [1.82, 2.24) is 21.3 Å². The van der Waals surface area contributed by atoms with Crippen LogP contribution in [0.25, 0.3) is 0 Å². The zero-order chi connectivity index (χ0) is 34.3. The molecule has 13 N–H and O–H groups in total.